The number of rotatable bonds is 4. The van der Waals surface area contributed by atoms with Crippen LogP contribution in [0.4, 0.5) is 0 Å². The predicted octanol–water partition coefficient (Wildman–Crippen LogP) is 4.22. The predicted molar refractivity (Wildman–Crippen MR) is 102 cm³/mol. The quantitative estimate of drug-likeness (QED) is 0.542. The molecule has 0 spiro atoms. The number of nitrogens with zero attached hydrogens (tertiary/aromatic N) is 2. The molecule has 1 aromatic carbocycles. The number of sulfone groups is 1. The van der Waals surface area contributed by atoms with Crippen LogP contribution in [-0.4, -0.2) is 24.2 Å². The Morgan fingerprint density at radius 3 is 2.56 bits per heavy atom. The van der Waals surface area contributed by atoms with E-state index < -0.39 is 9.84 Å². The molecule has 0 fully saturated rings. The fraction of sp³-hybridized carbons (Fsp3) is 0.105. The zero-order chi connectivity index (χ0) is 17.4. The van der Waals surface area contributed by atoms with Crippen molar-refractivity contribution in [2.24, 2.45) is 0 Å². The molecule has 0 aliphatic rings. The summed E-state index contributed by atoms with van der Waals surface area (Å²) >= 11 is 1.69. The SMILES string of the molecule is CS(=O)(=O)c1ccc(Cn2c(-c3cccs3)cc3cccnc32)cc1. The Labute approximate surface area is 150 Å². The van der Waals surface area contributed by atoms with Gasteiger partial charge in [-0.1, -0.05) is 18.2 Å². The Morgan fingerprint density at radius 1 is 1.08 bits per heavy atom. The molecule has 0 N–H and O–H groups in total. The van der Waals surface area contributed by atoms with Crippen LogP contribution in [0.1, 0.15) is 5.56 Å². The lowest BCUT2D eigenvalue weighted by Crippen LogP contribution is -2.03. The Hall–Kier alpha value is -2.44. The average molecular weight is 368 g/mol. The third-order valence-electron chi connectivity index (χ3n) is 4.12. The van der Waals surface area contributed by atoms with Gasteiger partial charge in [0.1, 0.15) is 5.65 Å². The summed E-state index contributed by atoms with van der Waals surface area (Å²) in [5.74, 6) is 0. The molecule has 0 aliphatic carbocycles. The second kappa shape index (κ2) is 6.13. The molecular formula is C19H16N2O2S2. The third kappa shape index (κ3) is 3.10. The summed E-state index contributed by atoms with van der Waals surface area (Å²) in [6, 6.07) is 17.3. The molecule has 0 amide bonds. The molecule has 0 saturated carbocycles. The molecule has 6 heteroatoms. The van der Waals surface area contributed by atoms with Gasteiger partial charge in [0.25, 0.3) is 0 Å². The van der Waals surface area contributed by atoms with E-state index in [-0.39, 0.29) is 0 Å². The fourth-order valence-electron chi connectivity index (χ4n) is 2.90. The van der Waals surface area contributed by atoms with Crippen LogP contribution in [0.2, 0.25) is 0 Å². The van der Waals surface area contributed by atoms with E-state index in [0.29, 0.717) is 11.4 Å². The van der Waals surface area contributed by atoms with Gasteiger partial charge in [-0.3, -0.25) is 0 Å². The molecule has 0 bridgehead atoms. The molecule has 3 aromatic heterocycles. The lowest BCUT2D eigenvalue weighted by molar-refractivity contribution is 0.602. The molecule has 126 valence electrons. The van der Waals surface area contributed by atoms with Crippen molar-refractivity contribution < 1.29 is 8.42 Å². The summed E-state index contributed by atoms with van der Waals surface area (Å²) < 4.78 is 25.4. The first-order valence-corrected chi connectivity index (χ1v) is 10.6. The summed E-state index contributed by atoms with van der Waals surface area (Å²) in [5.41, 5.74) is 3.09. The van der Waals surface area contributed by atoms with Crippen LogP contribution in [0.25, 0.3) is 21.6 Å². The van der Waals surface area contributed by atoms with Crippen LogP contribution >= 0.6 is 11.3 Å². The first-order valence-electron chi connectivity index (χ1n) is 7.79. The van der Waals surface area contributed by atoms with Crippen molar-refractivity contribution in [1.82, 2.24) is 9.55 Å². The number of aromatic nitrogens is 2. The summed E-state index contributed by atoms with van der Waals surface area (Å²) in [4.78, 5) is 6.06. The zero-order valence-electron chi connectivity index (χ0n) is 13.6. The van der Waals surface area contributed by atoms with Gasteiger partial charge in [0.15, 0.2) is 9.84 Å². The second-order valence-corrected chi connectivity index (χ2v) is 8.89. The maximum atomic E-state index is 11.6. The summed E-state index contributed by atoms with van der Waals surface area (Å²) in [5, 5.41) is 3.16. The maximum Gasteiger partial charge on any atom is 0.175 e. The minimum atomic E-state index is -3.18. The van der Waals surface area contributed by atoms with E-state index in [1.54, 1.807) is 29.7 Å². The van der Waals surface area contributed by atoms with Crippen molar-refractivity contribution in [2.45, 2.75) is 11.4 Å². The summed E-state index contributed by atoms with van der Waals surface area (Å²) in [7, 11) is -3.18. The smallest absolute Gasteiger partial charge is 0.175 e. The van der Waals surface area contributed by atoms with Gasteiger partial charge < -0.3 is 4.57 Å². The van der Waals surface area contributed by atoms with Crippen molar-refractivity contribution in [3.8, 4) is 10.6 Å². The van der Waals surface area contributed by atoms with Gasteiger partial charge in [-0.15, -0.1) is 11.3 Å². The van der Waals surface area contributed by atoms with Crippen LogP contribution in [0.5, 0.6) is 0 Å². The topological polar surface area (TPSA) is 52.0 Å². The van der Waals surface area contributed by atoms with Crippen molar-refractivity contribution in [3.05, 3.63) is 71.7 Å². The van der Waals surface area contributed by atoms with Gasteiger partial charge in [-0.25, -0.2) is 13.4 Å². The minimum absolute atomic E-state index is 0.338. The van der Waals surface area contributed by atoms with Crippen molar-refractivity contribution >= 4 is 32.2 Å². The van der Waals surface area contributed by atoms with Gasteiger partial charge in [0.2, 0.25) is 0 Å². The lowest BCUT2D eigenvalue weighted by atomic mass is 10.2. The minimum Gasteiger partial charge on any atom is -0.320 e. The summed E-state index contributed by atoms with van der Waals surface area (Å²) in [6.07, 6.45) is 3.02. The van der Waals surface area contributed by atoms with Crippen LogP contribution < -0.4 is 0 Å². The standard InChI is InChI=1S/C19H16N2O2S2/c1-25(22,23)16-8-6-14(7-9-16)13-21-17(18-5-3-11-24-18)12-15-4-2-10-20-19(15)21/h2-12H,13H2,1H3. The molecule has 0 unspecified atom stereocenters. The molecule has 3 heterocycles. The molecule has 4 aromatic rings. The Kier molecular flexibility index (Phi) is 3.94. The molecule has 0 radical (unpaired) electrons. The van der Waals surface area contributed by atoms with Gasteiger partial charge in [-0.05, 0) is 47.3 Å². The second-order valence-electron chi connectivity index (χ2n) is 5.93. The third-order valence-corrected chi connectivity index (χ3v) is 6.14. The van der Waals surface area contributed by atoms with Crippen LogP contribution in [0.15, 0.2) is 71.1 Å². The number of thiophene rings is 1. The molecular weight excluding hydrogens is 352 g/mol. The normalized spacial score (nSPS) is 11.9. The van der Waals surface area contributed by atoms with Crippen LogP contribution in [0, 0.1) is 0 Å². The van der Waals surface area contributed by atoms with E-state index in [1.807, 2.05) is 24.3 Å². The van der Waals surface area contributed by atoms with Gasteiger partial charge in [-0.2, -0.15) is 0 Å². The Balaban J connectivity index is 1.80. The number of benzene rings is 1. The van der Waals surface area contributed by atoms with Gasteiger partial charge in [0, 0.05) is 24.4 Å². The first-order chi connectivity index (χ1) is 12.0. The van der Waals surface area contributed by atoms with E-state index in [9.17, 15) is 8.42 Å². The van der Waals surface area contributed by atoms with Crippen molar-refractivity contribution in [1.29, 1.82) is 0 Å². The van der Waals surface area contributed by atoms with E-state index >= 15 is 0 Å². The van der Waals surface area contributed by atoms with E-state index in [4.69, 9.17) is 0 Å². The highest BCUT2D eigenvalue weighted by molar-refractivity contribution is 7.90. The van der Waals surface area contributed by atoms with E-state index in [1.165, 1.54) is 11.1 Å². The molecule has 0 saturated heterocycles. The fourth-order valence-corrected chi connectivity index (χ4v) is 4.28. The Morgan fingerprint density at radius 2 is 1.88 bits per heavy atom. The molecule has 25 heavy (non-hydrogen) atoms. The number of hydrogen-bond donors (Lipinski definition) is 0. The molecule has 4 nitrogen and oxygen atoms in total. The Bertz CT molecular complexity index is 1130. The van der Waals surface area contributed by atoms with Crippen molar-refractivity contribution in [3.63, 3.8) is 0 Å². The number of hydrogen-bond acceptors (Lipinski definition) is 4. The monoisotopic (exact) mass is 368 g/mol. The molecule has 0 aliphatic heterocycles. The summed E-state index contributed by atoms with van der Waals surface area (Å²) in [6.45, 7) is 0.637. The van der Waals surface area contributed by atoms with Gasteiger partial charge >= 0.3 is 0 Å². The first kappa shape index (κ1) is 16.1. The molecule has 4 rings (SSSR count). The maximum absolute atomic E-state index is 11.6. The molecule has 0 atom stereocenters. The van der Waals surface area contributed by atoms with Crippen LogP contribution in [-0.2, 0) is 16.4 Å². The van der Waals surface area contributed by atoms with E-state index in [0.717, 1.165) is 22.3 Å². The highest BCUT2D eigenvalue weighted by Gasteiger charge is 2.13. The largest absolute Gasteiger partial charge is 0.320 e. The average Bonchev–Trinajstić information content (AvgIpc) is 3.23. The zero-order valence-corrected chi connectivity index (χ0v) is 15.2. The number of pyridine rings is 1. The highest BCUT2D eigenvalue weighted by atomic mass is 32.2. The van der Waals surface area contributed by atoms with Crippen molar-refractivity contribution in [2.75, 3.05) is 6.26 Å². The highest BCUT2D eigenvalue weighted by Crippen LogP contribution is 2.31. The van der Waals surface area contributed by atoms with Gasteiger partial charge in [0.05, 0.1) is 15.5 Å². The number of fused-ring (bicyclic) bond motifs is 1. The van der Waals surface area contributed by atoms with Crippen LogP contribution in [0.3, 0.4) is 0 Å². The van der Waals surface area contributed by atoms with E-state index in [2.05, 4.69) is 33.1 Å². The lowest BCUT2D eigenvalue weighted by Gasteiger charge is -2.10.